The molecule has 4 heterocycles. The highest BCUT2D eigenvalue weighted by molar-refractivity contribution is 5.78. The van der Waals surface area contributed by atoms with Crippen molar-refractivity contribution in [3.05, 3.63) is 0 Å². The molecule has 0 aromatic carbocycles. The van der Waals surface area contributed by atoms with E-state index in [0.717, 1.165) is 12.8 Å². The van der Waals surface area contributed by atoms with E-state index in [4.69, 9.17) is 4.74 Å². The monoisotopic (exact) mass is 376 g/mol. The first-order valence-corrected chi connectivity index (χ1v) is 9.03. The Hall–Kier alpha value is -1.71. The Morgan fingerprint density at radius 1 is 1.19 bits per heavy atom. The fourth-order valence-corrected chi connectivity index (χ4v) is 4.47. The molecular formula is C16H23F3N4O3. The molecule has 0 aliphatic carbocycles. The van der Waals surface area contributed by atoms with Gasteiger partial charge in [0.2, 0.25) is 0 Å². The van der Waals surface area contributed by atoms with Gasteiger partial charge in [-0.3, -0.25) is 4.90 Å². The van der Waals surface area contributed by atoms with E-state index < -0.39 is 24.2 Å². The lowest BCUT2D eigenvalue weighted by atomic mass is 9.90. The van der Waals surface area contributed by atoms with Crippen LogP contribution in [0.3, 0.4) is 0 Å². The third-order valence-corrected chi connectivity index (χ3v) is 5.86. The van der Waals surface area contributed by atoms with Crippen molar-refractivity contribution >= 4 is 12.1 Å². The van der Waals surface area contributed by atoms with Gasteiger partial charge in [-0.2, -0.15) is 13.2 Å². The molecule has 4 saturated heterocycles. The summed E-state index contributed by atoms with van der Waals surface area (Å²) in [7, 11) is 0. The number of cyclic esters (lactones) is 1. The molecule has 0 unspecified atom stereocenters. The Balaban J connectivity index is 1.18. The van der Waals surface area contributed by atoms with E-state index in [2.05, 4.69) is 10.2 Å². The lowest BCUT2D eigenvalue weighted by Crippen LogP contribution is -2.71. The fraction of sp³-hybridized carbons (Fsp3) is 0.875. The van der Waals surface area contributed by atoms with Crippen molar-refractivity contribution in [2.45, 2.75) is 37.0 Å². The number of nitrogens with zero attached hydrogens (tertiary/aromatic N) is 3. The Labute approximate surface area is 149 Å². The zero-order valence-corrected chi connectivity index (χ0v) is 14.4. The molecule has 10 heteroatoms. The molecule has 1 N–H and O–H groups in total. The number of carbonyl (C=O) groups excluding carboxylic acids is 2. The minimum atomic E-state index is -4.08. The summed E-state index contributed by atoms with van der Waals surface area (Å²) in [6.45, 7) is 3.47. The van der Waals surface area contributed by atoms with Crippen molar-refractivity contribution in [1.82, 2.24) is 20.0 Å². The first-order valence-electron chi connectivity index (χ1n) is 9.03. The van der Waals surface area contributed by atoms with E-state index in [-0.39, 0.29) is 18.0 Å². The summed E-state index contributed by atoms with van der Waals surface area (Å²) in [5.74, 6) is -0.282. The van der Waals surface area contributed by atoms with Gasteiger partial charge in [-0.25, -0.2) is 9.59 Å². The predicted molar refractivity (Wildman–Crippen MR) is 84.5 cm³/mol. The van der Waals surface area contributed by atoms with Gasteiger partial charge in [-0.15, -0.1) is 0 Å². The maximum Gasteiger partial charge on any atom is 0.407 e. The SMILES string of the molecule is O=C1NC2(CO1)CN(C(=O)N1CCC(N3CC(CC(F)(F)F)C3)CC1)C2. The molecule has 3 amide bonds. The summed E-state index contributed by atoms with van der Waals surface area (Å²) in [6.07, 6.45) is -3.62. The number of rotatable bonds is 2. The van der Waals surface area contributed by atoms with Crippen molar-refractivity contribution in [1.29, 1.82) is 0 Å². The minimum absolute atomic E-state index is 0.0335. The van der Waals surface area contributed by atoms with Gasteiger partial charge in [0.05, 0.1) is 13.1 Å². The van der Waals surface area contributed by atoms with Crippen LogP contribution in [0.1, 0.15) is 19.3 Å². The molecule has 4 fully saturated rings. The topological polar surface area (TPSA) is 65.1 Å². The van der Waals surface area contributed by atoms with Gasteiger partial charge in [0.1, 0.15) is 12.1 Å². The fourth-order valence-electron chi connectivity index (χ4n) is 4.47. The first-order chi connectivity index (χ1) is 12.2. The van der Waals surface area contributed by atoms with E-state index in [0.29, 0.717) is 45.9 Å². The van der Waals surface area contributed by atoms with Gasteiger partial charge in [-0.1, -0.05) is 0 Å². The smallest absolute Gasteiger partial charge is 0.407 e. The summed E-state index contributed by atoms with van der Waals surface area (Å²) >= 11 is 0. The summed E-state index contributed by atoms with van der Waals surface area (Å²) in [5, 5.41) is 2.75. The molecule has 0 aromatic heterocycles. The number of hydrogen-bond acceptors (Lipinski definition) is 4. The van der Waals surface area contributed by atoms with Crippen molar-refractivity contribution in [3.8, 4) is 0 Å². The lowest BCUT2D eigenvalue weighted by molar-refractivity contribution is -0.158. The van der Waals surface area contributed by atoms with Crippen LogP contribution in [-0.4, -0.2) is 90.5 Å². The maximum absolute atomic E-state index is 12.5. The predicted octanol–water partition coefficient (Wildman–Crippen LogP) is 1.25. The molecule has 0 bridgehead atoms. The van der Waals surface area contributed by atoms with Crippen molar-refractivity contribution in [3.63, 3.8) is 0 Å². The summed E-state index contributed by atoms with van der Waals surface area (Å²) in [5.41, 5.74) is -0.420. The van der Waals surface area contributed by atoms with Gasteiger partial charge >= 0.3 is 18.3 Å². The molecule has 0 saturated carbocycles. The molecule has 0 atom stereocenters. The normalized spacial score (nSPS) is 27.1. The number of ether oxygens (including phenoxy) is 1. The standard InChI is InChI=1S/C16H23F3N4O3/c17-16(18,19)5-11-6-22(7-11)12-1-3-21(4-2-12)14(25)23-8-15(9-23)10-26-13(24)20-15/h11-12H,1-10H2,(H,20,24). The Kier molecular flexibility index (Phi) is 4.20. The van der Waals surface area contributed by atoms with Crippen LogP contribution in [0.25, 0.3) is 0 Å². The van der Waals surface area contributed by atoms with E-state index in [9.17, 15) is 22.8 Å². The molecule has 1 spiro atoms. The number of piperidine rings is 1. The number of urea groups is 1. The highest BCUT2D eigenvalue weighted by Crippen LogP contribution is 2.33. The Morgan fingerprint density at radius 3 is 2.38 bits per heavy atom. The van der Waals surface area contributed by atoms with Crippen molar-refractivity contribution in [2.75, 3.05) is 45.9 Å². The average Bonchev–Trinajstić information content (AvgIpc) is 2.90. The van der Waals surface area contributed by atoms with Crippen LogP contribution in [-0.2, 0) is 4.74 Å². The maximum atomic E-state index is 12.5. The largest absolute Gasteiger partial charge is 0.447 e. The van der Waals surface area contributed by atoms with Crippen LogP contribution < -0.4 is 5.32 Å². The van der Waals surface area contributed by atoms with Gasteiger partial charge in [-0.05, 0) is 18.8 Å². The van der Waals surface area contributed by atoms with Gasteiger partial charge in [0.15, 0.2) is 0 Å². The first kappa shape index (κ1) is 17.7. The van der Waals surface area contributed by atoms with Crippen LogP contribution in [0.15, 0.2) is 0 Å². The molecular weight excluding hydrogens is 353 g/mol. The molecule has 4 rings (SSSR count). The molecule has 4 aliphatic rings. The molecule has 7 nitrogen and oxygen atoms in total. The summed E-state index contributed by atoms with van der Waals surface area (Å²) in [4.78, 5) is 29.3. The number of alkyl carbamates (subject to hydrolysis) is 1. The Bertz CT molecular complexity index is 580. The number of alkyl halides is 3. The summed E-state index contributed by atoms with van der Waals surface area (Å²) < 4.78 is 42.1. The quantitative estimate of drug-likeness (QED) is 0.788. The van der Waals surface area contributed by atoms with Crippen LogP contribution in [0, 0.1) is 5.92 Å². The van der Waals surface area contributed by atoms with E-state index >= 15 is 0 Å². The van der Waals surface area contributed by atoms with Crippen LogP contribution in [0.4, 0.5) is 22.8 Å². The zero-order valence-electron chi connectivity index (χ0n) is 14.4. The minimum Gasteiger partial charge on any atom is -0.447 e. The number of amides is 3. The number of hydrogen-bond donors (Lipinski definition) is 1. The number of carbonyl (C=O) groups is 2. The third kappa shape index (κ3) is 3.43. The molecule has 0 aromatic rings. The van der Waals surface area contributed by atoms with E-state index in [1.807, 2.05) is 0 Å². The molecule has 26 heavy (non-hydrogen) atoms. The van der Waals surface area contributed by atoms with Gasteiger partial charge < -0.3 is 19.9 Å². The second kappa shape index (κ2) is 6.17. The van der Waals surface area contributed by atoms with Gasteiger partial charge in [0, 0.05) is 38.6 Å². The average molecular weight is 376 g/mol. The van der Waals surface area contributed by atoms with Crippen molar-refractivity contribution in [2.24, 2.45) is 5.92 Å². The summed E-state index contributed by atoms with van der Waals surface area (Å²) in [6, 6.07) is 0.238. The van der Waals surface area contributed by atoms with Crippen molar-refractivity contribution < 1.29 is 27.5 Å². The third-order valence-electron chi connectivity index (χ3n) is 5.86. The second-order valence-electron chi connectivity index (χ2n) is 7.98. The lowest BCUT2D eigenvalue weighted by Gasteiger charge is -2.50. The number of halogens is 3. The van der Waals surface area contributed by atoms with E-state index in [1.165, 1.54) is 0 Å². The molecule has 0 radical (unpaired) electrons. The number of likely N-dealkylation sites (tertiary alicyclic amines) is 3. The molecule has 4 aliphatic heterocycles. The van der Waals surface area contributed by atoms with Gasteiger partial charge in [0.25, 0.3) is 0 Å². The number of nitrogens with one attached hydrogen (secondary N) is 1. The highest BCUT2D eigenvalue weighted by atomic mass is 19.4. The van der Waals surface area contributed by atoms with E-state index in [1.54, 1.807) is 9.80 Å². The highest BCUT2D eigenvalue weighted by Gasteiger charge is 2.52. The van der Waals surface area contributed by atoms with Crippen LogP contribution >= 0.6 is 0 Å². The zero-order chi connectivity index (χ0) is 18.5. The second-order valence-corrected chi connectivity index (χ2v) is 7.98. The Morgan fingerprint density at radius 2 is 1.85 bits per heavy atom. The molecule has 146 valence electrons. The van der Waals surface area contributed by atoms with Crippen LogP contribution in [0.2, 0.25) is 0 Å². The van der Waals surface area contributed by atoms with Crippen LogP contribution in [0.5, 0.6) is 0 Å².